The van der Waals surface area contributed by atoms with Gasteiger partial charge < -0.3 is 21.7 Å². The van der Waals surface area contributed by atoms with E-state index in [1.807, 2.05) is 0 Å². The third-order valence-electron chi connectivity index (χ3n) is 2.45. The van der Waals surface area contributed by atoms with Crippen molar-refractivity contribution in [3.05, 3.63) is 0 Å². The Morgan fingerprint density at radius 1 is 0.895 bits per heavy atom. The standard InChI is InChI=1S/C9H22N6O4/c1-12(3-5-16)14(8(10)18)7-15(9(11)19)13(2)4-6-17/h16-17H,3-7H2,1-2H3,(H2,10,18)(H2,11,19). The topological polar surface area (TPSA) is 140 Å². The molecule has 6 N–H and O–H groups in total. The minimum absolute atomic E-state index is 0.166. The number of likely N-dealkylation sites (N-methyl/N-ethyl adjacent to an activating group) is 2. The van der Waals surface area contributed by atoms with Crippen molar-refractivity contribution in [2.24, 2.45) is 11.5 Å². The summed E-state index contributed by atoms with van der Waals surface area (Å²) >= 11 is 0. The largest absolute Gasteiger partial charge is 0.395 e. The maximum absolute atomic E-state index is 11.3. The molecule has 19 heavy (non-hydrogen) atoms. The zero-order valence-electron chi connectivity index (χ0n) is 11.2. The highest BCUT2D eigenvalue weighted by Gasteiger charge is 2.23. The molecule has 112 valence electrons. The van der Waals surface area contributed by atoms with Gasteiger partial charge in [0.25, 0.3) is 0 Å². The van der Waals surface area contributed by atoms with Gasteiger partial charge in [-0.25, -0.2) is 29.6 Å². The average molecular weight is 278 g/mol. The summed E-state index contributed by atoms with van der Waals surface area (Å²) < 4.78 is 0. The van der Waals surface area contributed by atoms with Gasteiger partial charge in [-0.2, -0.15) is 0 Å². The summed E-state index contributed by atoms with van der Waals surface area (Å²) in [6.07, 6.45) is 0. The maximum Gasteiger partial charge on any atom is 0.331 e. The second kappa shape index (κ2) is 8.48. The van der Waals surface area contributed by atoms with Crippen LogP contribution >= 0.6 is 0 Å². The molecule has 0 aromatic rings. The SMILES string of the molecule is CN(CCO)N(CN(C(N)=O)N(C)CCO)C(N)=O. The average Bonchev–Trinajstić information content (AvgIpc) is 2.29. The molecule has 10 heteroatoms. The second-order valence-electron chi connectivity index (χ2n) is 3.83. The molecular formula is C9H22N6O4. The van der Waals surface area contributed by atoms with E-state index in [1.54, 1.807) is 0 Å². The third kappa shape index (κ3) is 5.70. The molecule has 0 fully saturated rings. The molecule has 0 spiro atoms. The molecular weight excluding hydrogens is 256 g/mol. The molecule has 0 rings (SSSR count). The number of rotatable bonds is 8. The molecule has 10 nitrogen and oxygen atoms in total. The molecule has 4 amide bonds. The fourth-order valence-corrected chi connectivity index (χ4v) is 1.35. The molecule has 0 aliphatic heterocycles. The van der Waals surface area contributed by atoms with Crippen LogP contribution in [0.3, 0.4) is 0 Å². The lowest BCUT2D eigenvalue weighted by Gasteiger charge is -2.37. The van der Waals surface area contributed by atoms with Crippen LogP contribution in [-0.4, -0.2) is 89.4 Å². The molecule has 0 aromatic heterocycles. The van der Waals surface area contributed by atoms with E-state index >= 15 is 0 Å². The van der Waals surface area contributed by atoms with E-state index in [2.05, 4.69) is 0 Å². The van der Waals surface area contributed by atoms with Gasteiger partial charge in [-0.3, -0.25) is 0 Å². The lowest BCUT2D eigenvalue weighted by atomic mass is 10.6. The van der Waals surface area contributed by atoms with Crippen LogP contribution in [0.5, 0.6) is 0 Å². The van der Waals surface area contributed by atoms with Crippen LogP contribution in [0.1, 0.15) is 0 Å². The van der Waals surface area contributed by atoms with Crippen molar-refractivity contribution < 1.29 is 19.8 Å². The number of primary amides is 2. The van der Waals surface area contributed by atoms with E-state index in [0.29, 0.717) is 0 Å². The van der Waals surface area contributed by atoms with Crippen LogP contribution in [0, 0.1) is 0 Å². The summed E-state index contributed by atoms with van der Waals surface area (Å²) in [4.78, 5) is 22.7. The highest BCUT2D eigenvalue weighted by Crippen LogP contribution is 2.01. The first kappa shape index (κ1) is 17.4. The van der Waals surface area contributed by atoms with Crippen LogP contribution in [0.4, 0.5) is 9.59 Å². The number of hydrogen-bond donors (Lipinski definition) is 4. The highest BCUT2D eigenvalue weighted by molar-refractivity contribution is 5.74. The fourth-order valence-electron chi connectivity index (χ4n) is 1.35. The molecule has 0 aromatic carbocycles. The number of urea groups is 2. The number of nitrogens with two attached hydrogens (primary N) is 2. The minimum Gasteiger partial charge on any atom is -0.395 e. The van der Waals surface area contributed by atoms with Crippen molar-refractivity contribution in [3.8, 4) is 0 Å². The molecule has 0 aliphatic rings. The Labute approximate surface area is 111 Å². The Morgan fingerprint density at radius 3 is 1.42 bits per heavy atom. The number of amides is 4. The molecule has 0 atom stereocenters. The van der Waals surface area contributed by atoms with Crippen molar-refractivity contribution in [1.29, 1.82) is 0 Å². The molecule has 0 saturated carbocycles. The first-order valence-corrected chi connectivity index (χ1v) is 5.62. The van der Waals surface area contributed by atoms with Crippen LogP contribution in [0.25, 0.3) is 0 Å². The lowest BCUT2D eigenvalue weighted by molar-refractivity contribution is -0.0624. The molecule has 0 aliphatic carbocycles. The third-order valence-corrected chi connectivity index (χ3v) is 2.45. The summed E-state index contributed by atoms with van der Waals surface area (Å²) in [6.45, 7) is -0.233. The first-order valence-electron chi connectivity index (χ1n) is 5.62. The number of hydrazine groups is 2. The highest BCUT2D eigenvalue weighted by atomic mass is 16.3. The number of aliphatic hydroxyl groups excluding tert-OH is 2. The predicted molar refractivity (Wildman–Crippen MR) is 67.1 cm³/mol. The van der Waals surface area contributed by atoms with Crippen LogP contribution in [0.2, 0.25) is 0 Å². The van der Waals surface area contributed by atoms with Crippen LogP contribution in [0.15, 0.2) is 0 Å². The number of hydrogen-bond acceptors (Lipinski definition) is 6. The van der Waals surface area contributed by atoms with Crippen molar-refractivity contribution >= 4 is 12.1 Å². The Balaban J connectivity index is 4.84. The quantitative estimate of drug-likeness (QED) is 0.283. The number of carbonyl (C=O) groups excluding carboxylic acids is 2. The van der Waals surface area contributed by atoms with Crippen molar-refractivity contribution in [2.75, 3.05) is 47.1 Å². The Hall–Kier alpha value is -1.62. The Bertz CT molecular complexity index is 274. The van der Waals surface area contributed by atoms with E-state index < -0.39 is 12.1 Å². The second-order valence-corrected chi connectivity index (χ2v) is 3.83. The zero-order chi connectivity index (χ0) is 15.0. The van der Waals surface area contributed by atoms with Gasteiger partial charge in [-0.05, 0) is 0 Å². The molecule has 0 unspecified atom stereocenters. The zero-order valence-corrected chi connectivity index (χ0v) is 11.2. The van der Waals surface area contributed by atoms with Crippen molar-refractivity contribution in [1.82, 2.24) is 20.0 Å². The summed E-state index contributed by atoms with van der Waals surface area (Å²) in [5.74, 6) is 0. The van der Waals surface area contributed by atoms with Gasteiger partial charge in [-0.15, -0.1) is 0 Å². The van der Waals surface area contributed by atoms with E-state index in [4.69, 9.17) is 21.7 Å². The fraction of sp³-hybridized carbons (Fsp3) is 0.778. The van der Waals surface area contributed by atoms with E-state index in [-0.39, 0.29) is 33.0 Å². The minimum atomic E-state index is -0.792. The first-order chi connectivity index (χ1) is 8.84. The monoisotopic (exact) mass is 278 g/mol. The molecule has 0 bridgehead atoms. The molecule has 0 saturated heterocycles. The van der Waals surface area contributed by atoms with Crippen molar-refractivity contribution in [3.63, 3.8) is 0 Å². The molecule has 0 heterocycles. The normalized spacial score (nSPS) is 10.8. The van der Waals surface area contributed by atoms with E-state index in [1.165, 1.54) is 24.1 Å². The number of carbonyl (C=O) groups is 2. The predicted octanol–water partition coefficient (Wildman–Crippen LogP) is -2.62. The Morgan fingerprint density at radius 2 is 1.21 bits per heavy atom. The van der Waals surface area contributed by atoms with E-state index in [9.17, 15) is 9.59 Å². The Kier molecular flexibility index (Phi) is 7.75. The van der Waals surface area contributed by atoms with Gasteiger partial charge in [0.05, 0.1) is 13.2 Å². The summed E-state index contributed by atoms with van der Waals surface area (Å²) in [5.41, 5.74) is 10.4. The van der Waals surface area contributed by atoms with Gasteiger partial charge in [0.15, 0.2) is 0 Å². The smallest absolute Gasteiger partial charge is 0.331 e. The van der Waals surface area contributed by atoms with Gasteiger partial charge in [0.2, 0.25) is 0 Å². The van der Waals surface area contributed by atoms with Gasteiger partial charge in [0, 0.05) is 27.2 Å². The maximum atomic E-state index is 11.3. The van der Waals surface area contributed by atoms with Crippen LogP contribution in [-0.2, 0) is 0 Å². The van der Waals surface area contributed by atoms with Crippen molar-refractivity contribution in [2.45, 2.75) is 0 Å². The van der Waals surface area contributed by atoms with Gasteiger partial charge >= 0.3 is 12.1 Å². The summed E-state index contributed by atoms with van der Waals surface area (Å²) in [6, 6.07) is -1.58. The van der Waals surface area contributed by atoms with E-state index in [0.717, 1.165) is 10.0 Å². The lowest BCUT2D eigenvalue weighted by Crippen LogP contribution is -2.58. The summed E-state index contributed by atoms with van der Waals surface area (Å²) in [7, 11) is 3.07. The molecule has 0 radical (unpaired) electrons. The van der Waals surface area contributed by atoms with Gasteiger partial charge in [0.1, 0.15) is 6.67 Å². The summed E-state index contributed by atoms with van der Waals surface area (Å²) in [5, 5.41) is 22.5. The number of nitrogens with zero attached hydrogens (tertiary/aromatic N) is 4. The van der Waals surface area contributed by atoms with Gasteiger partial charge in [-0.1, -0.05) is 0 Å². The van der Waals surface area contributed by atoms with Crippen LogP contribution < -0.4 is 11.5 Å². The number of aliphatic hydroxyl groups is 2.